The van der Waals surface area contributed by atoms with Crippen molar-refractivity contribution in [2.45, 2.75) is 38.0 Å². The van der Waals surface area contributed by atoms with Gasteiger partial charge in [-0.2, -0.15) is 10.1 Å². The minimum Gasteiger partial charge on any atom is -0.333 e. The molecule has 0 saturated heterocycles. The molecular weight excluding hydrogens is 280 g/mol. The largest absolute Gasteiger partial charge is 0.333 e. The molecule has 0 unspecified atom stereocenters. The third kappa shape index (κ3) is 2.38. The molecule has 4 rings (SSSR count). The fraction of sp³-hybridized carbons (Fsp3) is 0.400. The molecule has 22 heavy (non-hydrogen) atoms. The number of aromatic amines is 1. The average Bonchev–Trinajstić information content (AvgIpc) is 3.25. The van der Waals surface area contributed by atoms with Crippen LogP contribution in [0.5, 0.6) is 0 Å². The number of nitrogens with one attached hydrogen (secondary N) is 1. The lowest BCUT2D eigenvalue weighted by Crippen LogP contribution is -2.06. The van der Waals surface area contributed by atoms with Gasteiger partial charge in [-0.1, -0.05) is 24.4 Å². The van der Waals surface area contributed by atoms with E-state index in [1.807, 2.05) is 0 Å². The van der Waals surface area contributed by atoms with Crippen LogP contribution in [0.2, 0.25) is 0 Å². The molecule has 7 nitrogen and oxygen atoms in total. The number of H-pyrrole nitrogens is 1. The van der Waals surface area contributed by atoms with Crippen molar-refractivity contribution in [3.8, 4) is 23.0 Å². The second-order valence-corrected chi connectivity index (χ2v) is 5.55. The molecule has 112 valence electrons. The first-order chi connectivity index (χ1) is 10.9. The van der Waals surface area contributed by atoms with Crippen molar-refractivity contribution in [3.63, 3.8) is 0 Å². The van der Waals surface area contributed by atoms with Gasteiger partial charge in [0.15, 0.2) is 0 Å². The Bertz CT molecular complexity index is 744. The summed E-state index contributed by atoms with van der Waals surface area (Å²) in [6.07, 6.45) is 12.8. The third-order valence-electron chi connectivity index (χ3n) is 4.13. The lowest BCUT2D eigenvalue weighted by atomic mass is 9.85. The van der Waals surface area contributed by atoms with Crippen LogP contribution in [0.1, 0.15) is 43.7 Å². The third-order valence-corrected chi connectivity index (χ3v) is 4.13. The number of hydrogen-bond acceptors (Lipinski definition) is 6. The topological polar surface area (TPSA) is 93.4 Å². The molecule has 0 amide bonds. The lowest BCUT2D eigenvalue weighted by molar-refractivity contribution is 0.423. The highest BCUT2D eigenvalue weighted by atomic mass is 16.5. The second-order valence-electron chi connectivity index (χ2n) is 5.55. The molecule has 1 aliphatic rings. The predicted octanol–water partition coefficient (Wildman–Crippen LogP) is 2.96. The molecule has 1 aliphatic carbocycles. The van der Waals surface area contributed by atoms with Gasteiger partial charge in [0.05, 0.1) is 23.7 Å². The van der Waals surface area contributed by atoms with Gasteiger partial charge in [0.25, 0.3) is 5.89 Å². The molecule has 0 radical (unpaired) electrons. The Morgan fingerprint density at radius 1 is 1.09 bits per heavy atom. The van der Waals surface area contributed by atoms with E-state index in [0.29, 0.717) is 23.3 Å². The number of hydrogen-bond donors (Lipinski definition) is 1. The Hall–Kier alpha value is -2.57. The average molecular weight is 296 g/mol. The zero-order valence-corrected chi connectivity index (χ0v) is 12.1. The van der Waals surface area contributed by atoms with E-state index in [1.165, 1.54) is 32.1 Å². The molecule has 0 atom stereocenters. The quantitative estimate of drug-likeness (QED) is 0.798. The van der Waals surface area contributed by atoms with E-state index in [4.69, 9.17) is 4.52 Å². The maximum Gasteiger partial charge on any atom is 0.261 e. The summed E-state index contributed by atoms with van der Waals surface area (Å²) in [7, 11) is 0. The summed E-state index contributed by atoms with van der Waals surface area (Å²) in [4.78, 5) is 12.6. The molecular formula is C15H16N6O. The summed E-state index contributed by atoms with van der Waals surface area (Å²) >= 11 is 0. The van der Waals surface area contributed by atoms with Crippen molar-refractivity contribution in [2.75, 3.05) is 0 Å². The van der Waals surface area contributed by atoms with Gasteiger partial charge in [-0.15, -0.1) is 0 Å². The van der Waals surface area contributed by atoms with Crippen LogP contribution in [0, 0.1) is 0 Å². The Morgan fingerprint density at radius 3 is 2.82 bits per heavy atom. The normalized spacial score (nSPS) is 16.0. The molecule has 7 heteroatoms. The van der Waals surface area contributed by atoms with Gasteiger partial charge < -0.3 is 4.52 Å². The Labute approximate surface area is 127 Å². The van der Waals surface area contributed by atoms with Crippen LogP contribution in [-0.4, -0.2) is 30.3 Å². The number of nitrogens with zero attached hydrogens (tertiary/aromatic N) is 5. The van der Waals surface area contributed by atoms with Crippen molar-refractivity contribution >= 4 is 0 Å². The van der Waals surface area contributed by atoms with Crippen LogP contribution in [-0.2, 0) is 0 Å². The predicted molar refractivity (Wildman–Crippen MR) is 78.7 cm³/mol. The molecule has 1 saturated carbocycles. The first kappa shape index (κ1) is 13.1. The van der Waals surface area contributed by atoms with Crippen molar-refractivity contribution in [1.29, 1.82) is 0 Å². The van der Waals surface area contributed by atoms with E-state index in [9.17, 15) is 0 Å². The SMILES string of the molecule is c1cnc(-c2noc(-c3cn[nH]c3C3CCCCC3)n2)cn1. The highest BCUT2D eigenvalue weighted by molar-refractivity contribution is 5.59. The van der Waals surface area contributed by atoms with Crippen LogP contribution < -0.4 is 0 Å². The van der Waals surface area contributed by atoms with Crippen LogP contribution >= 0.6 is 0 Å². The summed E-state index contributed by atoms with van der Waals surface area (Å²) < 4.78 is 5.41. The first-order valence-corrected chi connectivity index (χ1v) is 7.55. The molecule has 3 aromatic rings. The monoisotopic (exact) mass is 296 g/mol. The minimum absolute atomic E-state index is 0.443. The fourth-order valence-corrected chi connectivity index (χ4v) is 3.02. The summed E-state index contributed by atoms with van der Waals surface area (Å²) in [5.41, 5.74) is 2.60. The van der Waals surface area contributed by atoms with Gasteiger partial charge in [0.2, 0.25) is 5.82 Å². The number of aromatic nitrogens is 6. The van der Waals surface area contributed by atoms with E-state index in [-0.39, 0.29) is 0 Å². The van der Waals surface area contributed by atoms with Crippen molar-refractivity contribution < 1.29 is 4.52 Å². The van der Waals surface area contributed by atoms with Crippen LogP contribution in [0.3, 0.4) is 0 Å². The molecule has 3 aromatic heterocycles. The summed E-state index contributed by atoms with van der Waals surface area (Å²) in [6.45, 7) is 0. The van der Waals surface area contributed by atoms with Gasteiger partial charge in [-0.05, 0) is 12.8 Å². The maximum atomic E-state index is 5.41. The Kier molecular flexibility index (Phi) is 3.38. The van der Waals surface area contributed by atoms with E-state index >= 15 is 0 Å². The molecule has 3 heterocycles. The highest BCUT2D eigenvalue weighted by Crippen LogP contribution is 2.36. The lowest BCUT2D eigenvalue weighted by Gasteiger charge is -2.20. The zero-order chi connectivity index (χ0) is 14.8. The number of rotatable bonds is 3. The maximum absolute atomic E-state index is 5.41. The molecule has 0 bridgehead atoms. The molecule has 1 fully saturated rings. The summed E-state index contributed by atoms with van der Waals surface area (Å²) in [5.74, 6) is 1.42. The van der Waals surface area contributed by atoms with E-state index in [1.54, 1.807) is 24.8 Å². The summed E-state index contributed by atoms with van der Waals surface area (Å²) in [6, 6.07) is 0. The standard InChI is InChI=1S/C15H16N6O/c1-2-4-10(5-3-1)13-11(8-18-20-13)15-19-14(21-22-15)12-9-16-6-7-17-12/h6-10H,1-5H2,(H,18,20). The van der Waals surface area contributed by atoms with Crippen molar-refractivity contribution in [3.05, 3.63) is 30.5 Å². The van der Waals surface area contributed by atoms with E-state index in [2.05, 4.69) is 30.3 Å². The van der Waals surface area contributed by atoms with Gasteiger partial charge in [0, 0.05) is 18.3 Å². The molecule has 0 spiro atoms. The second kappa shape index (κ2) is 5.67. The van der Waals surface area contributed by atoms with E-state index in [0.717, 1.165) is 11.3 Å². The minimum atomic E-state index is 0.443. The van der Waals surface area contributed by atoms with Crippen LogP contribution in [0.4, 0.5) is 0 Å². The van der Waals surface area contributed by atoms with Gasteiger partial charge >= 0.3 is 0 Å². The van der Waals surface area contributed by atoms with Crippen molar-refractivity contribution in [1.82, 2.24) is 30.3 Å². The highest BCUT2D eigenvalue weighted by Gasteiger charge is 2.24. The molecule has 0 aromatic carbocycles. The van der Waals surface area contributed by atoms with Crippen LogP contribution in [0.15, 0.2) is 29.3 Å². The molecule has 0 aliphatic heterocycles. The molecule has 1 N–H and O–H groups in total. The van der Waals surface area contributed by atoms with Crippen molar-refractivity contribution in [2.24, 2.45) is 0 Å². The van der Waals surface area contributed by atoms with E-state index < -0.39 is 0 Å². The smallest absolute Gasteiger partial charge is 0.261 e. The first-order valence-electron chi connectivity index (χ1n) is 7.55. The Morgan fingerprint density at radius 2 is 2.00 bits per heavy atom. The van der Waals surface area contributed by atoms with Gasteiger partial charge in [0.1, 0.15) is 5.69 Å². The summed E-state index contributed by atoms with van der Waals surface area (Å²) in [5, 5.41) is 11.3. The fourth-order valence-electron chi connectivity index (χ4n) is 3.02. The van der Waals surface area contributed by atoms with Gasteiger partial charge in [-0.25, -0.2) is 4.98 Å². The van der Waals surface area contributed by atoms with Crippen LogP contribution in [0.25, 0.3) is 23.0 Å². The Balaban J connectivity index is 1.66. The van der Waals surface area contributed by atoms with Gasteiger partial charge in [-0.3, -0.25) is 10.1 Å². The zero-order valence-electron chi connectivity index (χ0n) is 12.1.